The molecule has 0 amide bonds. The van der Waals surface area contributed by atoms with E-state index in [4.69, 9.17) is 10.7 Å². The molecule has 0 saturated heterocycles. The van der Waals surface area contributed by atoms with Gasteiger partial charge in [0.2, 0.25) is 0 Å². The minimum atomic E-state index is -0.295. The standard InChI is InChI=1S/C16H21BrFN3/c1-9(2)21-14(19)13(20-15(21)16(3,4)5)10-6-7-12(18)11(17)8-10/h6-9H,19H2,1-5H3. The Labute approximate surface area is 133 Å². The maximum absolute atomic E-state index is 13.4. The Morgan fingerprint density at radius 3 is 2.33 bits per heavy atom. The highest BCUT2D eigenvalue weighted by Crippen LogP contribution is 2.35. The Morgan fingerprint density at radius 2 is 1.90 bits per heavy atom. The second-order valence-corrected chi connectivity index (χ2v) is 7.37. The van der Waals surface area contributed by atoms with Crippen molar-refractivity contribution in [3.05, 3.63) is 34.3 Å². The number of nitrogens with two attached hydrogens (primary N) is 1. The molecule has 2 rings (SSSR count). The molecule has 0 fully saturated rings. The molecule has 0 aliphatic heterocycles. The van der Waals surface area contributed by atoms with Crippen LogP contribution >= 0.6 is 15.9 Å². The Bertz CT molecular complexity index is 669. The first-order chi connectivity index (χ1) is 9.62. The lowest BCUT2D eigenvalue weighted by molar-refractivity contribution is 0.473. The van der Waals surface area contributed by atoms with Crippen LogP contribution in [0.1, 0.15) is 46.5 Å². The van der Waals surface area contributed by atoms with E-state index in [1.807, 2.05) is 4.57 Å². The molecule has 0 spiro atoms. The Morgan fingerprint density at radius 1 is 1.29 bits per heavy atom. The van der Waals surface area contributed by atoms with Gasteiger partial charge >= 0.3 is 0 Å². The number of halogens is 2. The van der Waals surface area contributed by atoms with Crippen LogP contribution in [-0.4, -0.2) is 9.55 Å². The number of rotatable bonds is 2. The van der Waals surface area contributed by atoms with Crippen LogP contribution in [0.5, 0.6) is 0 Å². The van der Waals surface area contributed by atoms with Gasteiger partial charge in [0, 0.05) is 17.0 Å². The van der Waals surface area contributed by atoms with Crippen LogP contribution in [0.2, 0.25) is 0 Å². The zero-order valence-corrected chi connectivity index (χ0v) is 14.6. The van der Waals surface area contributed by atoms with Crippen molar-refractivity contribution in [2.24, 2.45) is 0 Å². The fraction of sp³-hybridized carbons (Fsp3) is 0.438. The highest BCUT2D eigenvalue weighted by molar-refractivity contribution is 9.10. The number of anilines is 1. The van der Waals surface area contributed by atoms with Crippen molar-refractivity contribution in [2.75, 3.05) is 5.73 Å². The first kappa shape index (κ1) is 16.0. The van der Waals surface area contributed by atoms with Crippen LogP contribution in [0.4, 0.5) is 10.2 Å². The maximum Gasteiger partial charge on any atom is 0.137 e. The number of nitrogen functional groups attached to an aromatic ring is 1. The topological polar surface area (TPSA) is 43.8 Å². The van der Waals surface area contributed by atoms with Gasteiger partial charge < -0.3 is 10.3 Å². The number of benzene rings is 1. The molecule has 1 aromatic carbocycles. The van der Waals surface area contributed by atoms with Crippen LogP contribution < -0.4 is 5.73 Å². The molecule has 2 N–H and O–H groups in total. The minimum Gasteiger partial charge on any atom is -0.383 e. The number of imidazole rings is 1. The van der Waals surface area contributed by atoms with Gasteiger partial charge in [-0.15, -0.1) is 0 Å². The quantitative estimate of drug-likeness (QED) is 0.833. The van der Waals surface area contributed by atoms with Crippen molar-refractivity contribution in [3.8, 4) is 11.3 Å². The molecule has 0 aliphatic rings. The third-order valence-corrected chi connectivity index (χ3v) is 3.94. The summed E-state index contributed by atoms with van der Waals surface area (Å²) in [7, 11) is 0. The highest BCUT2D eigenvalue weighted by Gasteiger charge is 2.26. The first-order valence-electron chi connectivity index (χ1n) is 6.96. The molecule has 5 heteroatoms. The third-order valence-electron chi connectivity index (χ3n) is 3.33. The second-order valence-electron chi connectivity index (χ2n) is 6.51. The summed E-state index contributed by atoms with van der Waals surface area (Å²) in [5, 5.41) is 0. The molecule has 3 nitrogen and oxygen atoms in total. The van der Waals surface area contributed by atoms with Gasteiger partial charge in [-0.1, -0.05) is 20.8 Å². The van der Waals surface area contributed by atoms with Gasteiger partial charge in [-0.25, -0.2) is 9.37 Å². The van der Waals surface area contributed by atoms with Gasteiger partial charge in [0.1, 0.15) is 23.2 Å². The average Bonchev–Trinajstić information content (AvgIpc) is 2.70. The molecular formula is C16H21BrFN3. The van der Waals surface area contributed by atoms with Gasteiger partial charge in [-0.3, -0.25) is 0 Å². The van der Waals surface area contributed by atoms with E-state index in [-0.39, 0.29) is 17.3 Å². The van der Waals surface area contributed by atoms with Crippen molar-refractivity contribution in [1.82, 2.24) is 9.55 Å². The summed E-state index contributed by atoms with van der Waals surface area (Å²) in [6, 6.07) is 5.05. The zero-order chi connectivity index (χ0) is 15.9. The lowest BCUT2D eigenvalue weighted by atomic mass is 9.95. The third kappa shape index (κ3) is 2.98. The van der Waals surface area contributed by atoms with Gasteiger partial charge in [-0.2, -0.15) is 0 Å². The van der Waals surface area contributed by atoms with E-state index in [9.17, 15) is 4.39 Å². The van der Waals surface area contributed by atoms with E-state index >= 15 is 0 Å². The predicted octanol–water partition coefficient (Wildman–Crippen LogP) is 4.91. The fourth-order valence-electron chi connectivity index (χ4n) is 2.35. The number of aromatic nitrogens is 2. The summed E-state index contributed by atoms with van der Waals surface area (Å²) >= 11 is 3.21. The van der Waals surface area contributed by atoms with Crippen LogP contribution in [0, 0.1) is 5.82 Å². The Hall–Kier alpha value is -1.36. The largest absolute Gasteiger partial charge is 0.383 e. The number of nitrogens with zero attached hydrogens (tertiary/aromatic N) is 2. The molecule has 1 heterocycles. The Balaban J connectivity index is 2.68. The minimum absolute atomic E-state index is 0.117. The van der Waals surface area contributed by atoms with Crippen molar-refractivity contribution < 1.29 is 4.39 Å². The molecule has 2 aromatic rings. The number of hydrogen-bond donors (Lipinski definition) is 1. The molecular weight excluding hydrogens is 333 g/mol. The normalized spacial score (nSPS) is 12.2. The van der Waals surface area contributed by atoms with Crippen molar-refractivity contribution in [3.63, 3.8) is 0 Å². The molecule has 0 saturated carbocycles. The van der Waals surface area contributed by atoms with Gasteiger partial charge in [0.25, 0.3) is 0 Å². The number of hydrogen-bond acceptors (Lipinski definition) is 2. The van der Waals surface area contributed by atoms with Crippen LogP contribution in [-0.2, 0) is 5.41 Å². The fourth-order valence-corrected chi connectivity index (χ4v) is 2.73. The van der Waals surface area contributed by atoms with Gasteiger partial charge in [0.05, 0.1) is 4.47 Å². The van der Waals surface area contributed by atoms with E-state index in [0.717, 1.165) is 11.4 Å². The van der Waals surface area contributed by atoms with Crippen LogP contribution in [0.15, 0.2) is 22.7 Å². The van der Waals surface area contributed by atoms with E-state index in [0.29, 0.717) is 16.0 Å². The van der Waals surface area contributed by atoms with Crippen molar-refractivity contribution >= 4 is 21.7 Å². The lowest BCUT2D eigenvalue weighted by Crippen LogP contribution is -2.21. The van der Waals surface area contributed by atoms with Crippen LogP contribution in [0.25, 0.3) is 11.3 Å². The Kier molecular flexibility index (Phi) is 4.15. The SMILES string of the molecule is CC(C)n1c(C(C)(C)C)nc(-c2ccc(F)c(Br)c2)c1N. The van der Waals surface area contributed by atoms with Crippen molar-refractivity contribution in [1.29, 1.82) is 0 Å². The summed E-state index contributed by atoms with van der Waals surface area (Å²) in [6.07, 6.45) is 0. The predicted molar refractivity (Wildman–Crippen MR) is 88.8 cm³/mol. The second kappa shape index (κ2) is 5.44. The summed E-state index contributed by atoms with van der Waals surface area (Å²) in [5.41, 5.74) is 7.71. The molecule has 0 bridgehead atoms. The molecule has 0 atom stereocenters. The van der Waals surface area contributed by atoms with Gasteiger partial charge in [0.15, 0.2) is 0 Å². The summed E-state index contributed by atoms with van der Waals surface area (Å²) in [6.45, 7) is 10.5. The highest BCUT2D eigenvalue weighted by atomic mass is 79.9. The van der Waals surface area contributed by atoms with Gasteiger partial charge in [-0.05, 0) is 48.0 Å². The molecule has 0 unspecified atom stereocenters. The van der Waals surface area contributed by atoms with E-state index in [1.54, 1.807) is 12.1 Å². The average molecular weight is 354 g/mol. The monoisotopic (exact) mass is 353 g/mol. The molecule has 0 aliphatic carbocycles. The summed E-state index contributed by atoms with van der Waals surface area (Å²) in [4.78, 5) is 4.74. The van der Waals surface area contributed by atoms with E-state index in [2.05, 4.69) is 50.5 Å². The molecule has 21 heavy (non-hydrogen) atoms. The van der Waals surface area contributed by atoms with Crippen LogP contribution in [0.3, 0.4) is 0 Å². The van der Waals surface area contributed by atoms with E-state index < -0.39 is 0 Å². The maximum atomic E-state index is 13.4. The van der Waals surface area contributed by atoms with Crippen molar-refractivity contribution in [2.45, 2.75) is 46.1 Å². The summed E-state index contributed by atoms with van der Waals surface area (Å²) in [5.74, 6) is 1.26. The zero-order valence-electron chi connectivity index (χ0n) is 13.0. The molecule has 1 aromatic heterocycles. The smallest absolute Gasteiger partial charge is 0.137 e. The lowest BCUT2D eigenvalue weighted by Gasteiger charge is -2.22. The first-order valence-corrected chi connectivity index (χ1v) is 7.75. The molecule has 114 valence electrons. The molecule has 0 radical (unpaired) electrons. The summed E-state index contributed by atoms with van der Waals surface area (Å²) < 4.78 is 15.9. The van der Waals surface area contributed by atoms with E-state index in [1.165, 1.54) is 6.07 Å².